The van der Waals surface area contributed by atoms with Crippen molar-refractivity contribution in [3.05, 3.63) is 81.8 Å². The fraction of sp³-hybridized carbons (Fsp3) is 0.227. The smallest absolute Gasteiger partial charge is 0.227 e. The number of carbonyl (C=O) groups excluding carboxylic acids is 1. The van der Waals surface area contributed by atoms with Gasteiger partial charge in [0.2, 0.25) is 11.1 Å². The highest BCUT2D eigenvalue weighted by Gasteiger charge is 2.36. The number of Topliss-reactive ketones (excluding diaryl/α,β-unsaturated/α-hetero) is 1. The summed E-state index contributed by atoms with van der Waals surface area (Å²) in [6.07, 6.45) is 2.10. The molecule has 0 radical (unpaired) electrons. The topological polar surface area (TPSA) is 59.8 Å². The second kappa shape index (κ2) is 7.89. The average Bonchev–Trinajstić information content (AvgIpc) is 3.15. The Hall–Kier alpha value is -2.64. The Morgan fingerprint density at radius 3 is 2.77 bits per heavy atom. The molecular formula is C22H18ClFN4OS. The van der Waals surface area contributed by atoms with Crippen LogP contribution < -0.4 is 5.32 Å². The summed E-state index contributed by atoms with van der Waals surface area (Å²) in [6, 6.07) is 13.5. The van der Waals surface area contributed by atoms with Gasteiger partial charge in [-0.3, -0.25) is 4.79 Å². The number of rotatable bonds is 4. The maximum Gasteiger partial charge on any atom is 0.227 e. The molecule has 3 aromatic rings. The molecule has 0 spiro atoms. The standard InChI is InChI=1S/C22H18ClFN4OS/c23-16-5-2-1-4-14(16)12-30-22-26-21-25-17-6-3-7-18(29)19(17)20(28(21)27-22)13-8-10-15(24)11-9-13/h1-2,4-5,8-11,20H,3,6-7,12H2,(H,25,26,27)/t20-/m0/s1. The average molecular weight is 441 g/mol. The normalized spacial score (nSPS) is 18.1. The third-order valence-corrected chi connectivity index (χ3v) is 6.60. The van der Waals surface area contributed by atoms with Gasteiger partial charge in [-0.25, -0.2) is 9.07 Å². The Morgan fingerprint density at radius 1 is 1.17 bits per heavy atom. The predicted molar refractivity (Wildman–Crippen MR) is 115 cm³/mol. The van der Waals surface area contributed by atoms with Gasteiger partial charge in [0.1, 0.15) is 11.9 Å². The summed E-state index contributed by atoms with van der Waals surface area (Å²) in [7, 11) is 0. The zero-order valence-electron chi connectivity index (χ0n) is 15.9. The first kappa shape index (κ1) is 19.3. The number of benzene rings is 2. The molecular weight excluding hydrogens is 423 g/mol. The molecule has 0 unspecified atom stereocenters. The van der Waals surface area contributed by atoms with Crippen LogP contribution in [0.1, 0.15) is 36.4 Å². The van der Waals surface area contributed by atoms with E-state index in [2.05, 4.69) is 15.4 Å². The molecule has 1 atom stereocenters. The zero-order chi connectivity index (χ0) is 20.7. The number of thioether (sulfide) groups is 1. The van der Waals surface area contributed by atoms with Gasteiger partial charge in [-0.1, -0.05) is 53.7 Å². The zero-order valence-corrected chi connectivity index (χ0v) is 17.5. The minimum atomic E-state index is -0.410. The molecule has 2 heterocycles. The molecule has 0 saturated carbocycles. The number of nitrogens with zero attached hydrogens (tertiary/aromatic N) is 3. The van der Waals surface area contributed by atoms with Crippen molar-refractivity contribution in [2.24, 2.45) is 0 Å². The van der Waals surface area contributed by atoms with Crippen LogP contribution in [-0.2, 0) is 10.5 Å². The molecule has 5 rings (SSSR count). The lowest BCUT2D eigenvalue weighted by atomic mass is 9.85. The van der Waals surface area contributed by atoms with Crippen LogP contribution in [0.3, 0.4) is 0 Å². The first-order valence-corrected chi connectivity index (χ1v) is 11.1. The molecule has 8 heteroatoms. The highest BCUT2D eigenvalue weighted by Crippen LogP contribution is 2.40. The highest BCUT2D eigenvalue weighted by molar-refractivity contribution is 7.98. The van der Waals surface area contributed by atoms with E-state index in [1.165, 1.54) is 23.9 Å². The van der Waals surface area contributed by atoms with Crippen molar-refractivity contribution in [3.63, 3.8) is 0 Å². The predicted octanol–water partition coefficient (Wildman–Crippen LogP) is 5.38. The number of hydrogen-bond acceptors (Lipinski definition) is 5. The molecule has 1 aliphatic heterocycles. The van der Waals surface area contributed by atoms with Crippen molar-refractivity contribution in [1.29, 1.82) is 0 Å². The van der Waals surface area contributed by atoms with E-state index in [0.717, 1.165) is 29.7 Å². The van der Waals surface area contributed by atoms with E-state index in [1.807, 2.05) is 24.3 Å². The Balaban J connectivity index is 1.51. The fourth-order valence-corrected chi connectivity index (χ4v) is 5.02. The number of anilines is 1. The second-order valence-corrected chi connectivity index (χ2v) is 8.64. The largest absolute Gasteiger partial charge is 0.328 e. The monoisotopic (exact) mass is 440 g/mol. The summed E-state index contributed by atoms with van der Waals surface area (Å²) in [5.74, 6) is 1.02. The van der Waals surface area contributed by atoms with Gasteiger partial charge in [-0.2, -0.15) is 4.98 Å². The van der Waals surface area contributed by atoms with E-state index in [9.17, 15) is 9.18 Å². The molecule has 2 aromatic carbocycles. The van der Waals surface area contributed by atoms with E-state index < -0.39 is 6.04 Å². The van der Waals surface area contributed by atoms with Gasteiger partial charge in [0.05, 0.1) is 0 Å². The van der Waals surface area contributed by atoms with Crippen LogP contribution in [0, 0.1) is 5.82 Å². The van der Waals surface area contributed by atoms with Crippen molar-refractivity contribution >= 4 is 35.1 Å². The Morgan fingerprint density at radius 2 is 1.97 bits per heavy atom. The van der Waals surface area contributed by atoms with Gasteiger partial charge >= 0.3 is 0 Å². The SMILES string of the molecule is O=C1CCCC2=C1[C@H](c1ccc(F)cc1)n1nc(SCc3ccccc3Cl)nc1N2. The maximum atomic E-state index is 13.5. The number of aromatic nitrogens is 3. The highest BCUT2D eigenvalue weighted by atomic mass is 35.5. The number of nitrogens with one attached hydrogen (secondary N) is 1. The minimum absolute atomic E-state index is 0.101. The first-order valence-electron chi connectivity index (χ1n) is 9.71. The first-order chi connectivity index (χ1) is 14.6. The van der Waals surface area contributed by atoms with Crippen LogP contribution in [0.25, 0.3) is 0 Å². The van der Waals surface area contributed by atoms with Crippen LogP contribution in [0.15, 0.2) is 65.0 Å². The number of hydrogen-bond donors (Lipinski definition) is 1. The number of ketones is 1. The lowest BCUT2D eigenvalue weighted by Crippen LogP contribution is -2.31. The number of halogens is 2. The van der Waals surface area contributed by atoms with Crippen molar-refractivity contribution in [2.75, 3.05) is 5.32 Å². The van der Waals surface area contributed by atoms with Crippen molar-refractivity contribution in [2.45, 2.75) is 36.2 Å². The van der Waals surface area contributed by atoms with Crippen molar-refractivity contribution in [3.8, 4) is 0 Å². The van der Waals surface area contributed by atoms with E-state index in [4.69, 9.17) is 11.6 Å². The molecule has 0 amide bonds. The van der Waals surface area contributed by atoms with Crippen LogP contribution in [0.2, 0.25) is 5.02 Å². The lowest BCUT2D eigenvalue weighted by molar-refractivity contribution is -0.116. The van der Waals surface area contributed by atoms with Gasteiger partial charge in [0, 0.05) is 28.5 Å². The molecule has 0 saturated heterocycles. The lowest BCUT2D eigenvalue weighted by Gasteiger charge is -2.32. The fourth-order valence-electron chi connectivity index (χ4n) is 3.91. The molecule has 0 fully saturated rings. The Kier molecular flexibility index (Phi) is 5.08. The molecule has 30 heavy (non-hydrogen) atoms. The van der Waals surface area contributed by atoms with E-state index in [-0.39, 0.29) is 11.6 Å². The summed E-state index contributed by atoms with van der Waals surface area (Å²) in [5, 5.41) is 9.29. The number of fused-ring (bicyclic) bond motifs is 1. The van der Waals surface area contributed by atoms with Crippen LogP contribution in [0.4, 0.5) is 10.3 Å². The van der Waals surface area contributed by atoms with Crippen molar-refractivity contribution < 1.29 is 9.18 Å². The molecule has 1 aromatic heterocycles. The summed E-state index contributed by atoms with van der Waals surface area (Å²) in [5.41, 5.74) is 3.41. The third-order valence-electron chi connectivity index (χ3n) is 5.35. The summed E-state index contributed by atoms with van der Waals surface area (Å²) >= 11 is 7.74. The van der Waals surface area contributed by atoms with Gasteiger partial charge in [0.25, 0.3) is 0 Å². The molecule has 1 aliphatic carbocycles. The third kappa shape index (κ3) is 3.52. The van der Waals surface area contributed by atoms with Crippen LogP contribution >= 0.6 is 23.4 Å². The van der Waals surface area contributed by atoms with Gasteiger partial charge in [-0.05, 0) is 42.2 Å². The number of carbonyl (C=O) groups is 1. The quantitative estimate of drug-likeness (QED) is 0.551. The van der Waals surface area contributed by atoms with E-state index in [0.29, 0.717) is 33.9 Å². The Labute approximate surface area is 182 Å². The van der Waals surface area contributed by atoms with E-state index in [1.54, 1.807) is 16.8 Å². The molecule has 5 nitrogen and oxygen atoms in total. The second-order valence-electron chi connectivity index (χ2n) is 7.29. The van der Waals surface area contributed by atoms with Crippen LogP contribution in [-0.4, -0.2) is 20.5 Å². The van der Waals surface area contributed by atoms with Gasteiger partial charge < -0.3 is 5.32 Å². The number of allylic oxidation sites excluding steroid dienone is 2. The molecule has 0 bridgehead atoms. The van der Waals surface area contributed by atoms with Crippen molar-refractivity contribution in [1.82, 2.24) is 14.8 Å². The van der Waals surface area contributed by atoms with Crippen LogP contribution in [0.5, 0.6) is 0 Å². The summed E-state index contributed by atoms with van der Waals surface area (Å²) in [6.45, 7) is 0. The summed E-state index contributed by atoms with van der Waals surface area (Å²) < 4.78 is 15.3. The molecule has 1 N–H and O–H groups in total. The minimum Gasteiger partial charge on any atom is -0.328 e. The van der Waals surface area contributed by atoms with Gasteiger partial charge in [-0.15, -0.1) is 5.10 Å². The van der Waals surface area contributed by atoms with Gasteiger partial charge in [0.15, 0.2) is 5.78 Å². The summed E-state index contributed by atoms with van der Waals surface area (Å²) in [4.78, 5) is 17.4. The van der Waals surface area contributed by atoms with E-state index >= 15 is 0 Å². The molecule has 2 aliphatic rings. The maximum absolute atomic E-state index is 13.5. The Bertz CT molecular complexity index is 1160. The molecule has 152 valence electrons.